The van der Waals surface area contributed by atoms with Crippen molar-refractivity contribution in [3.8, 4) is 11.5 Å². The SMILES string of the molecule is Cc1noc(C=Cc2ccc(S(=O)(=O)NCc3ccc4c(c3)OCO4)s2)c1NC(=O)C1CC1. The molecular weight excluding hydrogens is 466 g/mol. The number of ether oxygens (including phenoxy) is 2. The number of sulfonamides is 1. The highest BCUT2D eigenvalue weighted by molar-refractivity contribution is 7.91. The van der Waals surface area contributed by atoms with Gasteiger partial charge in [0.15, 0.2) is 17.3 Å². The van der Waals surface area contributed by atoms with Gasteiger partial charge in [0, 0.05) is 17.3 Å². The van der Waals surface area contributed by atoms with Crippen LogP contribution in [0.1, 0.15) is 34.7 Å². The Morgan fingerprint density at radius 1 is 1.18 bits per heavy atom. The third-order valence-electron chi connectivity index (χ3n) is 5.25. The minimum absolute atomic E-state index is 0.0333. The van der Waals surface area contributed by atoms with Crippen molar-refractivity contribution >= 4 is 45.1 Å². The van der Waals surface area contributed by atoms with Crippen LogP contribution in [0.2, 0.25) is 0 Å². The van der Waals surface area contributed by atoms with Crippen molar-refractivity contribution in [3.63, 3.8) is 0 Å². The summed E-state index contributed by atoms with van der Waals surface area (Å²) in [5.41, 5.74) is 1.89. The van der Waals surface area contributed by atoms with Crippen molar-refractivity contribution in [1.82, 2.24) is 9.88 Å². The molecule has 0 unspecified atom stereocenters. The van der Waals surface area contributed by atoms with Crippen molar-refractivity contribution in [3.05, 3.63) is 52.2 Å². The van der Waals surface area contributed by atoms with Gasteiger partial charge in [0.1, 0.15) is 15.6 Å². The molecule has 3 aromatic rings. The fourth-order valence-corrected chi connectivity index (χ4v) is 5.54. The predicted octanol–water partition coefficient (Wildman–Crippen LogP) is 3.77. The van der Waals surface area contributed by atoms with E-state index < -0.39 is 10.0 Å². The summed E-state index contributed by atoms with van der Waals surface area (Å²) in [6.45, 7) is 2.05. The highest BCUT2D eigenvalue weighted by Gasteiger charge is 2.31. The second kappa shape index (κ2) is 8.65. The first-order valence-corrected chi connectivity index (χ1v) is 12.6. The molecule has 9 nitrogen and oxygen atoms in total. The number of hydrogen-bond acceptors (Lipinski definition) is 8. The molecule has 0 radical (unpaired) electrons. The lowest BCUT2D eigenvalue weighted by Gasteiger charge is -2.06. The van der Waals surface area contributed by atoms with E-state index in [4.69, 9.17) is 14.0 Å². The quantitative estimate of drug-likeness (QED) is 0.496. The Labute approximate surface area is 194 Å². The first-order chi connectivity index (χ1) is 15.9. The van der Waals surface area contributed by atoms with Gasteiger partial charge in [-0.15, -0.1) is 11.3 Å². The molecule has 1 aliphatic carbocycles. The number of benzene rings is 1. The normalized spacial score (nSPS) is 15.3. The summed E-state index contributed by atoms with van der Waals surface area (Å²) < 4.78 is 44.1. The van der Waals surface area contributed by atoms with E-state index in [0.717, 1.165) is 29.7 Å². The molecule has 3 heterocycles. The minimum atomic E-state index is -3.69. The van der Waals surface area contributed by atoms with E-state index in [1.165, 1.54) is 0 Å². The minimum Gasteiger partial charge on any atom is -0.454 e. The van der Waals surface area contributed by atoms with E-state index in [1.54, 1.807) is 49.4 Å². The molecular formula is C22H21N3O6S2. The second-order valence-electron chi connectivity index (χ2n) is 7.77. The van der Waals surface area contributed by atoms with Crippen LogP contribution in [0.4, 0.5) is 5.69 Å². The first-order valence-electron chi connectivity index (χ1n) is 10.3. The van der Waals surface area contributed by atoms with Crippen molar-refractivity contribution < 1.29 is 27.2 Å². The molecule has 0 spiro atoms. The second-order valence-corrected chi connectivity index (χ2v) is 10.9. The summed E-state index contributed by atoms with van der Waals surface area (Å²) in [6.07, 6.45) is 5.20. The largest absolute Gasteiger partial charge is 0.454 e. The zero-order chi connectivity index (χ0) is 23.0. The van der Waals surface area contributed by atoms with Gasteiger partial charge in [-0.2, -0.15) is 0 Å². The number of aryl methyl sites for hydroxylation is 1. The van der Waals surface area contributed by atoms with Crippen molar-refractivity contribution in [2.75, 3.05) is 12.1 Å². The van der Waals surface area contributed by atoms with Crippen LogP contribution in [0, 0.1) is 12.8 Å². The lowest BCUT2D eigenvalue weighted by molar-refractivity contribution is -0.117. The molecule has 1 aromatic carbocycles. The van der Waals surface area contributed by atoms with E-state index in [0.29, 0.717) is 33.5 Å². The zero-order valence-corrected chi connectivity index (χ0v) is 19.3. The number of carbonyl (C=O) groups excluding carboxylic acids is 1. The zero-order valence-electron chi connectivity index (χ0n) is 17.7. The molecule has 0 atom stereocenters. The standard InChI is InChI=1S/C22H21N3O6S2/c1-13-21(24-22(26)15-3-4-15)18(31-25-13)8-5-16-6-9-20(32-16)33(27,28)23-11-14-2-7-17-19(10-14)30-12-29-17/h2,5-10,15,23H,3-4,11-12H2,1H3,(H,24,26). The molecule has 2 aliphatic rings. The van der Waals surface area contributed by atoms with Gasteiger partial charge in [-0.25, -0.2) is 13.1 Å². The molecule has 1 fully saturated rings. The van der Waals surface area contributed by atoms with Crippen molar-refractivity contribution in [1.29, 1.82) is 0 Å². The number of amides is 1. The van der Waals surface area contributed by atoms with Crippen molar-refractivity contribution in [2.24, 2.45) is 5.92 Å². The van der Waals surface area contributed by atoms with E-state index >= 15 is 0 Å². The Kier molecular flexibility index (Phi) is 5.69. The molecule has 33 heavy (non-hydrogen) atoms. The number of thiophene rings is 1. The fourth-order valence-electron chi connectivity index (χ4n) is 3.25. The summed E-state index contributed by atoms with van der Waals surface area (Å²) in [6, 6.07) is 8.56. The smallest absolute Gasteiger partial charge is 0.250 e. The first kappa shape index (κ1) is 21.7. The highest BCUT2D eigenvalue weighted by atomic mass is 32.2. The molecule has 1 aliphatic heterocycles. The molecule has 0 bridgehead atoms. The van der Waals surface area contributed by atoms with Crippen LogP contribution in [0.5, 0.6) is 11.5 Å². The average molecular weight is 488 g/mol. The maximum atomic E-state index is 12.7. The monoisotopic (exact) mass is 487 g/mol. The lowest BCUT2D eigenvalue weighted by atomic mass is 10.2. The molecule has 0 saturated heterocycles. The maximum absolute atomic E-state index is 12.7. The van der Waals surface area contributed by atoms with Crippen molar-refractivity contribution in [2.45, 2.75) is 30.5 Å². The average Bonchev–Trinajstić information content (AvgIpc) is 3.19. The van der Waals surface area contributed by atoms with Gasteiger partial charge in [-0.3, -0.25) is 4.79 Å². The molecule has 1 saturated carbocycles. The van der Waals surface area contributed by atoms with Gasteiger partial charge in [0.05, 0.1) is 0 Å². The topological polar surface area (TPSA) is 120 Å². The van der Waals surface area contributed by atoms with E-state index in [9.17, 15) is 13.2 Å². The molecule has 2 N–H and O–H groups in total. The van der Waals surface area contributed by atoms with Gasteiger partial charge in [-0.1, -0.05) is 11.2 Å². The Balaban J connectivity index is 1.25. The Morgan fingerprint density at radius 3 is 2.82 bits per heavy atom. The van der Waals surface area contributed by atoms with Gasteiger partial charge in [0.2, 0.25) is 22.7 Å². The van der Waals surface area contributed by atoms with Crippen LogP contribution in [0.25, 0.3) is 12.2 Å². The van der Waals surface area contributed by atoms with Crippen LogP contribution in [-0.2, 0) is 21.4 Å². The van der Waals surface area contributed by atoms with E-state index in [1.807, 2.05) is 0 Å². The number of aromatic nitrogens is 1. The number of hydrogen-bond donors (Lipinski definition) is 2. The van der Waals surface area contributed by atoms with Gasteiger partial charge in [0.25, 0.3) is 0 Å². The number of nitrogens with one attached hydrogen (secondary N) is 2. The fraction of sp³-hybridized carbons (Fsp3) is 0.273. The molecule has 172 valence electrons. The summed E-state index contributed by atoms with van der Waals surface area (Å²) in [7, 11) is -3.69. The predicted molar refractivity (Wildman–Crippen MR) is 122 cm³/mol. The lowest BCUT2D eigenvalue weighted by Crippen LogP contribution is -2.22. The number of anilines is 1. The van der Waals surface area contributed by atoms with Crippen LogP contribution < -0.4 is 19.5 Å². The number of rotatable bonds is 8. The summed E-state index contributed by atoms with van der Waals surface area (Å²) >= 11 is 1.12. The van der Waals surface area contributed by atoms with Gasteiger partial charge in [-0.05, 0) is 61.7 Å². The van der Waals surface area contributed by atoms with Crippen LogP contribution in [0.3, 0.4) is 0 Å². The molecule has 5 rings (SSSR count). The summed E-state index contributed by atoms with van der Waals surface area (Å²) in [5, 5.41) is 6.79. The summed E-state index contributed by atoms with van der Waals surface area (Å²) in [5.74, 6) is 1.69. The van der Waals surface area contributed by atoms with Gasteiger partial charge < -0.3 is 19.3 Å². The van der Waals surface area contributed by atoms with Crippen LogP contribution in [-0.4, -0.2) is 26.3 Å². The Morgan fingerprint density at radius 2 is 2.00 bits per heavy atom. The molecule has 2 aromatic heterocycles. The highest BCUT2D eigenvalue weighted by Crippen LogP contribution is 2.33. The molecule has 11 heteroatoms. The number of carbonyl (C=O) groups is 1. The number of nitrogens with zero attached hydrogens (tertiary/aromatic N) is 1. The van der Waals surface area contributed by atoms with Crippen LogP contribution >= 0.6 is 11.3 Å². The van der Waals surface area contributed by atoms with E-state index in [2.05, 4.69) is 15.2 Å². The van der Waals surface area contributed by atoms with E-state index in [-0.39, 0.29) is 29.4 Å². The third kappa shape index (κ3) is 4.80. The summed E-state index contributed by atoms with van der Waals surface area (Å²) in [4.78, 5) is 12.8. The third-order valence-corrected chi connectivity index (χ3v) is 8.20. The van der Waals surface area contributed by atoms with Gasteiger partial charge >= 0.3 is 0 Å². The maximum Gasteiger partial charge on any atom is 0.250 e. The Bertz CT molecular complexity index is 1340. The number of fused-ring (bicyclic) bond motifs is 1. The molecule has 1 amide bonds. The Hall–Kier alpha value is -3.15. The van der Waals surface area contributed by atoms with Crippen LogP contribution in [0.15, 0.2) is 39.1 Å².